The number of hydrogen-bond acceptors (Lipinski definition) is 6. The molecule has 10 N–H and O–H groups in total. The Kier molecular flexibility index (Phi) is 19.8. The van der Waals surface area contributed by atoms with Gasteiger partial charge in [0.05, 0.1) is 12.8 Å². The summed E-state index contributed by atoms with van der Waals surface area (Å²) in [5.41, 5.74) is -2.74. The van der Waals surface area contributed by atoms with Crippen LogP contribution in [0.3, 0.4) is 0 Å². The first-order valence-electron chi connectivity index (χ1n) is 3.17. The van der Waals surface area contributed by atoms with Crippen LogP contribution in [0.5, 0.6) is 0 Å². The Bertz CT molecular complexity index is 245. The first-order chi connectivity index (χ1) is 5.78. The van der Waals surface area contributed by atoms with Gasteiger partial charge in [0.25, 0.3) is 0 Å². The number of rotatable bonds is 5. The molecule has 0 aliphatic heterocycles. The van der Waals surface area contributed by atoms with Crippen LogP contribution >= 0.6 is 24.8 Å². The molecule has 0 spiro atoms. The van der Waals surface area contributed by atoms with Gasteiger partial charge in [0, 0.05) is 0 Å². The third-order valence-electron chi connectivity index (χ3n) is 1.29. The van der Waals surface area contributed by atoms with E-state index in [4.69, 9.17) is 20.4 Å². The van der Waals surface area contributed by atoms with Gasteiger partial charge in [-0.15, -0.1) is 24.8 Å². The van der Waals surface area contributed by atoms with Gasteiger partial charge in [-0.05, 0) is 0 Å². The number of carbonyl (C=O) groups is 3. The van der Waals surface area contributed by atoms with Gasteiger partial charge in [0.15, 0.2) is 5.60 Å². The van der Waals surface area contributed by atoms with Crippen LogP contribution in [0.2, 0.25) is 0 Å². The molecule has 0 saturated carbocycles. The van der Waals surface area contributed by atoms with E-state index in [-0.39, 0.29) is 37.1 Å². The molecule has 0 saturated heterocycles. The summed E-state index contributed by atoms with van der Waals surface area (Å²) in [5.74, 6) is -5.02. The predicted octanol–water partition coefficient (Wildman–Crippen LogP) is -0.0809. The largest absolute Gasteiger partial charge is 0.481 e. The summed E-state index contributed by atoms with van der Waals surface area (Å²) in [6, 6.07) is 0. The topological polar surface area (TPSA) is 202 Å². The molecular weight excluding hydrogens is 283 g/mol. The van der Waals surface area contributed by atoms with Crippen molar-refractivity contribution in [1.82, 2.24) is 12.3 Å². The van der Waals surface area contributed by atoms with Gasteiger partial charge in [0.2, 0.25) is 0 Å². The number of aliphatic hydroxyl groups is 1. The predicted molar refractivity (Wildman–Crippen MR) is 61.6 cm³/mol. The molecule has 0 aliphatic carbocycles. The van der Waals surface area contributed by atoms with Crippen molar-refractivity contribution in [2.45, 2.75) is 18.4 Å². The van der Waals surface area contributed by atoms with Crippen molar-refractivity contribution in [3.63, 3.8) is 0 Å². The Morgan fingerprint density at radius 3 is 1.18 bits per heavy atom. The van der Waals surface area contributed by atoms with Crippen LogP contribution in [0.25, 0.3) is 0 Å². The van der Waals surface area contributed by atoms with Crippen molar-refractivity contribution in [3.8, 4) is 0 Å². The first-order valence-corrected chi connectivity index (χ1v) is 3.17. The van der Waals surface area contributed by atoms with Crippen molar-refractivity contribution in [1.29, 1.82) is 0 Å². The maximum atomic E-state index is 10.3. The van der Waals surface area contributed by atoms with Crippen LogP contribution in [0.1, 0.15) is 12.8 Å². The van der Waals surface area contributed by atoms with Crippen molar-refractivity contribution in [3.05, 3.63) is 0 Å². The Hall–Kier alpha value is -1.13. The SMILES string of the molecule is Cl.Cl.N.N.O=C(O)CC(O)(CC(=O)O)C(=O)O. The highest BCUT2D eigenvalue weighted by atomic mass is 35.5. The van der Waals surface area contributed by atoms with Gasteiger partial charge in [0.1, 0.15) is 0 Å². The molecule has 0 aromatic rings. The van der Waals surface area contributed by atoms with Crippen LogP contribution in [0.15, 0.2) is 0 Å². The molecule has 0 fully saturated rings. The van der Waals surface area contributed by atoms with Gasteiger partial charge in [-0.1, -0.05) is 0 Å². The fourth-order valence-corrected chi connectivity index (χ4v) is 0.714. The Morgan fingerprint density at radius 1 is 0.824 bits per heavy atom. The monoisotopic (exact) mass is 298 g/mol. The molecule has 0 radical (unpaired) electrons. The quantitative estimate of drug-likeness (QED) is 0.401. The summed E-state index contributed by atoms with van der Waals surface area (Å²) in [6.45, 7) is 0. The molecule has 0 rings (SSSR count). The molecule has 0 bridgehead atoms. The fourth-order valence-electron chi connectivity index (χ4n) is 0.714. The third-order valence-corrected chi connectivity index (χ3v) is 1.29. The summed E-state index contributed by atoms with van der Waals surface area (Å²) in [6.07, 6.45) is -2.29. The van der Waals surface area contributed by atoms with Crippen LogP contribution < -0.4 is 12.3 Å². The van der Waals surface area contributed by atoms with E-state index in [1.165, 1.54) is 0 Å². The molecule has 0 heterocycles. The molecule has 0 aromatic heterocycles. The van der Waals surface area contributed by atoms with Gasteiger partial charge >= 0.3 is 17.9 Å². The average Bonchev–Trinajstić information content (AvgIpc) is 1.82. The highest BCUT2D eigenvalue weighted by Gasteiger charge is 2.40. The zero-order valence-electron chi connectivity index (χ0n) is 8.66. The van der Waals surface area contributed by atoms with E-state index in [0.29, 0.717) is 0 Å². The molecule has 106 valence electrons. The van der Waals surface area contributed by atoms with E-state index in [1.54, 1.807) is 0 Å². The molecule has 17 heavy (non-hydrogen) atoms. The van der Waals surface area contributed by atoms with E-state index in [9.17, 15) is 14.4 Å². The first kappa shape index (κ1) is 29.7. The Morgan fingerprint density at radius 2 is 1.06 bits per heavy atom. The minimum Gasteiger partial charge on any atom is -0.481 e. The summed E-state index contributed by atoms with van der Waals surface area (Å²) < 4.78 is 0. The number of halogens is 2. The van der Waals surface area contributed by atoms with Crippen LogP contribution in [-0.2, 0) is 14.4 Å². The lowest BCUT2D eigenvalue weighted by molar-refractivity contribution is -0.170. The lowest BCUT2D eigenvalue weighted by Crippen LogP contribution is -2.42. The zero-order chi connectivity index (χ0) is 10.6. The number of carboxylic acids is 3. The van der Waals surface area contributed by atoms with E-state index < -0.39 is 36.4 Å². The average molecular weight is 299 g/mol. The van der Waals surface area contributed by atoms with Crippen molar-refractivity contribution < 1.29 is 34.8 Å². The van der Waals surface area contributed by atoms with Crippen LogP contribution in [0, 0.1) is 0 Å². The Labute approximate surface area is 109 Å². The molecule has 0 atom stereocenters. The maximum Gasteiger partial charge on any atom is 0.336 e. The number of aliphatic carboxylic acids is 3. The molecule has 0 unspecified atom stereocenters. The van der Waals surface area contributed by atoms with E-state index in [1.807, 2.05) is 0 Å². The van der Waals surface area contributed by atoms with Crippen molar-refractivity contribution in [2.24, 2.45) is 0 Å². The van der Waals surface area contributed by atoms with Crippen molar-refractivity contribution >= 4 is 42.7 Å². The second-order valence-corrected chi connectivity index (χ2v) is 2.48. The maximum absolute atomic E-state index is 10.3. The highest BCUT2D eigenvalue weighted by molar-refractivity contribution is 5.88. The number of hydrogen-bond donors (Lipinski definition) is 6. The molecular formula is C6H16Cl2N2O7. The molecule has 11 heteroatoms. The molecule has 0 aromatic carbocycles. The smallest absolute Gasteiger partial charge is 0.336 e. The lowest BCUT2D eigenvalue weighted by atomic mass is 9.96. The lowest BCUT2D eigenvalue weighted by Gasteiger charge is -2.18. The molecule has 0 amide bonds. The van der Waals surface area contributed by atoms with Crippen LogP contribution in [0.4, 0.5) is 0 Å². The van der Waals surface area contributed by atoms with E-state index in [2.05, 4.69) is 0 Å². The van der Waals surface area contributed by atoms with Crippen LogP contribution in [-0.4, -0.2) is 43.9 Å². The number of carboxylic acid groups (broad SMARTS) is 3. The van der Waals surface area contributed by atoms with E-state index in [0.717, 1.165) is 0 Å². The highest BCUT2D eigenvalue weighted by Crippen LogP contribution is 2.15. The van der Waals surface area contributed by atoms with Gasteiger partial charge in [-0.3, -0.25) is 9.59 Å². The molecule has 9 nitrogen and oxygen atoms in total. The van der Waals surface area contributed by atoms with Crippen molar-refractivity contribution in [2.75, 3.05) is 0 Å². The molecule has 0 aliphatic rings. The Balaban J connectivity index is -0.000000120. The normalized spacial score (nSPS) is 8.29. The minimum atomic E-state index is -2.74. The minimum absolute atomic E-state index is 0. The van der Waals surface area contributed by atoms with Gasteiger partial charge in [-0.25, -0.2) is 4.79 Å². The standard InChI is InChI=1S/C6H8O7.2ClH.2H3N/c7-3(8)1-6(13,5(11)12)2-4(9)10;;;;/h13H,1-2H2,(H,7,8)(H,9,10)(H,11,12);2*1H;2*1H3. The second kappa shape index (κ2) is 11.4. The summed E-state index contributed by atoms with van der Waals surface area (Å²) in [7, 11) is 0. The van der Waals surface area contributed by atoms with Gasteiger partial charge in [-0.2, -0.15) is 0 Å². The summed E-state index contributed by atoms with van der Waals surface area (Å²) in [5, 5.41) is 33.8. The van der Waals surface area contributed by atoms with E-state index >= 15 is 0 Å². The zero-order valence-corrected chi connectivity index (χ0v) is 10.3. The fraction of sp³-hybridized carbons (Fsp3) is 0.500. The summed E-state index contributed by atoms with van der Waals surface area (Å²) >= 11 is 0. The summed E-state index contributed by atoms with van der Waals surface area (Å²) in [4.78, 5) is 30.5. The third kappa shape index (κ3) is 11.1. The van der Waals surface area contributed by atoms with Gasteiger partial charge < -0.3 is 32.7 Å². The second-order valence-electron chi connectivity index (χ2n) is 2.48.